The molecule has 3 atom stereocenters. The summed E-state index contributed by atoms with van der Waals surface area (Å²) in [6, 6.07) is 5.43. The zero-order valence-corrected chi connectivity index (χ0v) is 21.4. The van der Waals surface area contributed by atoms with Crippen LogP contribution in [0, 0.1) is 11.7 Å². The van der Waals surface area contributed by atoms with E-state index in [1.807, 2.05) is 11.8 Å². The minimum absolute atomic E-state index is 0.174. The number of amides is 2. The average molecular weight is 504 g/mol. The highest BCUT2D eigenvalue weighted by atomic mass is 19.1. The molecule has 9 heteroatoms. The number of anilines is 1. The Morgan fingerprint density at radius 1 is 1.08 bits per heavy atom. The number of ether oxygens (including phenoxy) is 3. The quantitative estimate of drug-likeness (QED) is 0.562. The van der Waals surface area contributed by atoms with E-state index in [0.29, 0.717) is 31.7 Å². The molecule has 2 amide bonds. The van der Waals surface area contributed by atoms with Gasteiger partial charge in [-0.1, -0.05) is 0 Å². The van der Waals surface area contributed by atoms with Gasteiger partial charge in [0, 0.05) is 37.7 Å². The Morgan fingerprint density at radius 2 is 1.89 bits per heavy atom. The van der Waals surface area contributed by atoms with Gasteiger partial charge < -0.3 is 24.0 Å². The van der Waals surface area contributed by atoms with Crippen LogP contribution in [-0.4, -0.2) is 87.2 Å². The number of methoxy groups -OCH3 is 1. The van der Waals surface area contributed by atoms with Gasteiger partial charge in [-0.3, -0.25) is 4.90 Å². The predicted molar refractivity (Wildman–Crippen MR) is 133 cm³/mol. The number of carbonyl (C=O) groups is 2. The van der Waals surface area contributed by atoms with E-state index in [9.17, 15) is 14.0 Å². The van der Waals surface area contributed by atoms with Crippen LogP contribution in [-0.2, 0) is 19.6 Å². The van der Waals surface area contributed by atoms with Gasteiger partial charge in [0.05, 0.1) is 18.9 Å². The first-order valence-corrected chi connectivity index (χ1v) is 13.4. The fraction of sp³-hybridized carbons (Fsp3) is 0.704. The van der Waals surface area contributed by atoms with Crippen molar-refractivity contribution in [3.63, 3.8) is 0 Å². The molecule has 0 N–H and O–H groups in total. The number of piperidine rings is 2. The smallest absolute Gasteiger partial charge is 0.414 e. The van der Waals surface area contributed by atoms with Crippen LogP contribution >= 0.6 is 0 Å². The van der Waals surface area contributed by atoms with Crippen LogP contribution < -0.4 is 4.90 Å². The topological polar surface area (TPSA) is 71.6 Å². The maximum absolute atomic E-state index is 14.3. The van der Waals surface area contributed by atoms with E-state index in [-0.39, 0.29) is 30.0 Å². The lowest BCUT2D eigenvalue weighted by Crippen LogP contribution is -2.49. The maximum atomic E-state index is 14.3. The van der Waals surface area contributed by atoms with E-state index < -0.39 is 6.09 Å². The number of nitrogens with zero attached hydrogens (tertiary/aromatic N) is 3. The molecule has 198 valence electrons. The molecule has 0 bridgehead atoms. The Kier molecular flexibility index (Phi) is 7.40. The zero-order valence-electron chi connectivity index (χ0n) is 21.4. The number of hydrogen-bond donors (Lipinski definition) is 0. The fourth-order valence-electron chi connectivity index (χ4n) is 7.03. The van der Waals surface area contributed by atoms with Gasteiger partial charge >= 0.3 is 12.2 Å². The molecule has 5 rings (SSSR count). The molecule has 0 radical (unpaired) electrons. The molecule has 2 saturated heterocycles. The molecular formula is C27H38FN3O5. The molecule has 0 aromatic heterocycles. The lowest BCUT2D eigenvalue weighted by atomic mass is 9.74. The number of benzene rings is 1. The molecule has 8 nitrogen and oxygen atoms in total. The normalized spacial score (nSPS) is 27.1. The Bertz CT molecular complexity index is 967. The van der Waals surface area contributed by atoms with Gasteiger partial charge in [-0.15, -0.1) is 0 Å². The summed E-state index contributed by atoms with van der Waals surface area (Å²) in [5.41, 5.74) is 1.40. The summed E-state index contributed by atoms with van der Waals surface area (Å²) >= 11 is 0. The summed E-state index contributed by atoms with van der Waals surface area (Å²) in [5.74, 6) is 0.256. The van der Waals surface area contributed by atoms with Crippen LogP contribution in [0.2, 0.25) is 0 Å². The Morgan fingerprint density at radius 3 is 2.64 bits per heavy atom. The minimum Gasteiger partial charge on any atom is -0.450 e. The number of carbonyl (C=O) groups excluding carboxylic acids is 2. The van der Waals surface area contributed by atoms with Crippen LogP contribution in [0.5, 0.6) is 0 Å². The lowest BCUT2D eigenvalue weighted by Gasteiger charge is -2.42. The predicted octanol–water partition coefficient (Wildman–Crippen LogP) is 4.16. The van der Waals surface area contributed by atoms with Gasteiger partial charge in [0.2, 0.25) is 0 Å². The van der Waals surface area contributed by atoms with Gasteiger partial charge in [-0.05, 0) is 88.2 Å². The Balaban J connectivity index is 1.26. The van der Waals surface area contributed by atoms with Crippen molar-refractivity contribution in [2.75, 3.05) is 58.0 Å². The number of likely N-dealkylation sites (tertiary alicyclic amines) is 2. The van der Waals surface area contributed by atoms with Gasteiger partial charge in [-0.25, -0.2) is 14.0 Å². The van der Waals surface area contributed by atoms with Gasteiger partial charge in [-0.2, -0.15) is 0 Å². The van der Waals surface area contributed by atoms with Gasteiger partial charge in [0.25, 0.3) is 0 Å². The fourth-order valence-corrected chi connectivity index (χ4v) is 7.03. The van der Waals surface area contributed by atoms with Crippen molar-refractivity contribution in [2.24, 2.45) is 5.92 Å². The summed E-state index contributed by atoms with van der Waals surface area (Å²) in [5, 5.41) is 0. The van der Waals surface area contributed by atoms with Crippen molar-refractivity contribution in [2.45, 2.75) is 62.9 Å². The van der Waals surface area contributed by atoms with E-state index in [1.165, 1.54) is 12.5 Å². The highest BCUT2D eigenvalue weighted by Gasteiger charge is 2.50. The highest BCUT2D eigenvalue weighted by molar-refractivity contribution is 5.91. The van der Waals surface area contributed by atoms with Crippen molar-refractivity contribution >= 4 is 17.9 Å². The standard InChI is InChI=1S/C27H38FN3O5/c1-3-35-25(32)30-10-4-5-19-15-21(17-24(19)30)29-11-8-27(9-12-29)18-31(26(33)36-14-13-34-2)23-7-6-20(28)16-22(23)27/h6-7,16,19,21,24H,3-5,8-15,17-18H2,1-2H3. The molecule has 4 aliphatic rings. The van der Waals surface area contributed by atoms with E-state index in [4.69, 9.17) is 14.2 Å². The van der Waals surface area contributed by atoms with Crippen molar-refractivity contribution in [1.29, 1.82) is 0 Å². The van der Waals surface area contributed by atoms with Crippen LogP contribution in [0.15, 0.2) is 18.2 Å². The van der Waals surface area contributed by atoms with Crippen molar-refractivity contribution < 1.29 is 28.2 Å². The first-order valence-electron chi connectivity index (χ1n) is 13.4. The van der Waals surface area contributed by atoms with Crippen LogP contribution in [0.3, 0.4) is 0 Å². The summed E-state index contributed by atoms with van der Waals surface area (Å²) < 4.78 is 30.1. The molecule has 3 aliphatic heterocycles. The molecule has 3 fully saturated rings. The second kappa shape index (κ2) is 10.5. The summed E-state index contributed by atoms with van der Waals surface area (Å²) in [6.07, 6.45) is 5.44. The number of fused-ring (bicyclic) bond motifs is 3. The van der Waals surface area contributed by atoms with E-state index >= 15 is 0 Å². The second-order valence-corrected chi connectivity index (χ2v) is 10.7. The SMILES string of the molecule is CCOC(=O)N1CCCC2CC(N3CCC4(CC3)CN(C(=O)OCCOC)c3ccc(F)cc34)CC21. The maximum Gasteiger partial charge on any atom is 0.414 e. The van der Waals surface area contributed by atoms with Crippen LogP contribution in [0.4, 0.5) is 19.7 Å². The number of halogens is 1. The lowest BCUT2D eigenvalue weighted by molar-refractivity contribution is 0.0633. The molecule has 3 heterocycles. The third-order valence-electron chi connectivity index (χ3n) is 8.80. The highest BCUT2D eigenvalue weighted by Crippen LogP contribution is 2.49. The Hall–Kier alpha value is -2.39. The minimum atomic E-state index is -0.405. The van der Waals surface area contributed by atoms with E-state index in [0.717, 1.165) is 63.0 Å². The number of rotatable bonds is 5. The molecular weight excluding hydrogens is 465 g/mol. The third kappa shape index (κ3) is 4.67. The van der Waals surface area contributed by atoms with Crippen molar-refractivity contribution in [1.82, 2.24) is 9.80 Å². The molecule has 1 aromatic rings. The Labute approximate surface area is 212 Å². The molecule has 1 saturated carbocycles. The third-order valence-corrected chi connectivity index (χ3v) is 8.80. The first-order chi connectivity index (χ1) is 17.5. The van der Waals surface area contributed by atoms with Crippen molar-refractivity contribution in [3.05, 3.63) is 29.6 Å². The largest absolute Gasteiger partial charge is 0.450 e. The van der Waals surface area contributed by atoms with Crippen LogP contribution in [0.1, 0.15) is 51.0 Å². The molecule has 1 spiro atoms. The van der Waals surface area contributed by atoms with Gasteiger partial charge in [0.1, 0.15) is 12.4 Å². The van der Waals surface area contributed by atoms with Gasteiger partial charge in [0.15, 0.2) is 0 Å². The molecule has 1 aliphatic carbocycles. The summed E-state index contributed by atoms with van der Waals surface area (Å²) in [7, 11) is 1.57. The monoisotopic (exact) mass is 503 g/mol. The summed E-state index contributed by atoms with van der Waals surface area (Å²) in [4.78, 5) is 31.6. The number of hydrogen-bond acceptors (Lipinski definition) is 6. The van der Waals surface area contributed by atoms with E-state index in [2.05, 4.69) is 4.90 Å². The van der Waals surface area contributed by atoms with Crippen molar-refractivity contribution in [3.8, 4) is 0 Å². The molecule has 3 unspecified atom stereocenters. The zero-order chi connectivity index (χ0) is 25.3. The molecule has 36 heavy (non-hydrogen) atoms. The average Bonchev–Trinajstić information content (AvgIpc) is 3.44. The molecule has 1 aromatic carbocycles. The van der Waals surface area contributed by atoms with E-state index in [1.54, 1.807) is 24.1 Å². The second-order valence-electron chi connectivity index (χ2n) is 10.7. The summed E-state index contributed by atoms with van der Waals surface area (Å²) in [6.45, 7) is 5.88. The first kappa shape index (κ1) is 25.3. The van der Waals surface area contributed by atoms with Crippen LogP contribution in [0.25, 0.3) is 0 Å².